The molecule has 1 atom stereocenters. The lowest BCUT2D eigenvalue weighted by Crippen LogP contribution is -2.52. The molecule has 41 heavy (non-hydrogen) atoms. The Morgan fingerprint density at radius 3 is 2.34 bits per heavy atom. The zero-order chi connectivity index (χ0) is 29.7. The van der Waals surface area contributed by atoms with Crippen molar-refractivity contribution in [3.8, 4) is 0 Å². The maximum absolute atomic E-state index is 13.6. The number of nitrogens with two attached hydrogens (primary N) is 3. The number of carbonyl (C=O) groups excluding carboxylic acids is 2. The average molecular weight is 555 g/mol. The van der Waals surface area contributed by atoms with Gasteiger partial charge in [-0.3, -0.25) is 4.79 Å². The highest BCUT2D eigenvalue weighted by atomic mass is 16.2. The molecule has 0 saturated carbocycles. The summed E-state index contributed by atoms with van der Waals surface area (Å²) in [5, 5.41) is 6.03. The predicted octanol–water partition coefficient (Wildman–Crippen LogP) is 3.83. The quantitative estimate of drug-likeness (QED) is 0.162. The van der Waals surface area contributed by atoms with Crippen LogP contribution >= 0.6 is 0 Å². The summed E-state index contributed by atoms with van der Waals surface area (Å²) in [7, 11) is 3.93. The zero-order valence-electron chi connectivity index (χ0n) is 23.9. The van der Waals surface area contributed by atoms with Crippen molar-refractivity contribution in [1.29, 1.82) is 0 Å². The summed E-state index contributed by atoms with van der Waals surface area (Å²) in [6.07, 6.45) is 0. The van der Waals surface area contributed by atoms with Gasteiger partial charge in [0.05, 0.1) is 23.8 Å². The number of likely N-dealkylation sites (N-methyl/N-ethyl adjacent to an activating group) is 1. The van der Waals surface area contributed by atoms with Crippen molar-refractivity contribution < 1.29 is 9.59 Å². The molecule has 0 aromatic heterocycles. The smallest absolute Gasteiger partial charge is 0.318 e. The molecular formula is C31H38N8O2. The van der Waals surface area contributed by atoms with Crippen molar-refractivity contribution in [2.75, 3.05) is 38.2 Å². The number of nitrogens with one attached hydrogen (secondary N) is 2. The van der Waals surface area contributed by atoms with Crippen LogP contribution in [0.5, 0.6) is 0 Å². The van der Waals surface area contributed by atoms with Crippen molar-refractivity contribution in [2.24, 2.45) is 16.5 Å². The maximum Gasteiger partial charge on any atom is 0.318 e. The van der Waals surface area contributed by atoms with Crippen LogP contribution in [0.1, 0.15) is 35.8 Å². The largest absolute Gasteiger partial charge is 0.400 e. The third-order valence-electron chi connectivity index (χ3n) is 7.10. The third-order valence-corrected chi connectivity index (χ3v) is 7.10. The first kappa shape index (κ1) is 29.2. The second-order valence-corrected chi connectivity index (χ2v) is 10.8. The van der Waals surface area contributed by atoms with E-state index in [0.29, 0.717) is 40.4 Å². The van der Waals surface area contributed by atoms with Gasteiger partial charge in [-0.1, -0.05) is 36.4 Å². The highest BCUT2D eigenvalue weighted by Gasteiger charge is 2.42. The molecule has 0 aliphatic carbocycles. The van der Waals surface area contributed by atoms with Crippen molar-refractivity contribution in [3.05, 3.63) is 101 Å². The van der Waals surface area contributed by atoms with Crippen LogP contribution in [0.25, 0.3) is 0 Å². The molecule has 0 unspecified atom stereocenters. The first-order chi connectivity index (χ1) is 19.5. The molecule has 8 N–H and O–H groups in total. The van der Waals surface area contributed by atoms with Crippen molar-refractivity contribution >= 4 is 34.8 Å². The van der Waals surface area contributed by atoms with Gasteiger partial charge in [0.1, 0.15) is 5.84 Å². The number of anilines is 2. The number of hydrogen-bond donors (Lipinski definition) is 5. The van der Waals surface area contributed by atoms with Gasteiger partial charge in [-0.2, -0.15) is 0 Å². The zero-order valence-corrected chi connectivity index (χ0v) is 23.9. The van der Waals surface area contributed by atoms with Gasteiger partial charge < -0.3 is 37.6 Å². The highest BCUT2D eigenvalue weighted by Crippen LogP contribution is 2.32. The van der Waals surface area contributed by atoms with E-state index < -0.39 is 5.54 Å². The number of nitrogen functional groups attached to an aromatic ring is 1. The minimum atomic E-state index is -0.784. The molecule has 1 aliphatic rings. The SMILES string of the molecule is CN(C)C[C@@H](NC(=O)N1CC(C(N)=Nc2cccc(NC(=O)c3ccc(N)cc3)c2)=C(N)C1(C)C)c1ccccc1. The Morgan fingerprint density at radius 1 is 1.00 bits per heavy atom. The summed E-state index contributed by atoms with van der Waals surface area (Å²) < 4.78 is 0. The van der Waals surface area contributed by atoms with Crippen LogP contribution in [-0.4, -0.2) is 60.3 Å². The van der Waals surface area contributed by atoms with E-state index in [1.807, 2.05) is 63.2 Å². The van der Waals surface area contributed by atoms with Gasteiger partial charge in [0.25, 0.3) is 5.91 Å². The average Bonchev–Trinajstić information content (AvgIpc) is 3.17. The predicted molar refractivity (Wildman–Crippen MR) is 165 cm³/mol. The van der Waals surface area contributed by atoms with E-state index in [2.05, 4.69) is 15.6 Å². The minimum absolute atomic E-state index is 0.205. The topological polar surface area (TPSA) is 155 Å². The second-order valence-electron chi connectivity index (χ2n) is 10.8. The van der Waals surface area contributed by atoms with Gasteiger partial charge in [0.2, 0.25) is 0 Å². The number of carbonyl (C=O) groups is 2. The Labute approximate surface area is 240 Å². The Morgan fingerprint density at radius 2 is 1.68 bits per heavy atom. The monoisotopic (exact) mass is 554 g/mol. The van der Waals surface area contributed by atoms with E-state index in [1.165, 1.54) is 0 Å². The van der Waals surface area contributed by atoms with Crippen molar-refractivity contribution in [1.82, 2.24) is 15.1 Å². The molecule has 10 nitrogen and oxygen atoms in total. The fraction of sp³-hybridized carbons (Fsp3) is 0.258. The molecule has 0 saturated heterocycles. The van der Waals surface area contributed by atoms with Crippen molar-refractivity contribution in [2.45, 2.75) is 25.4 Å². The molecule has 0 radical (unpaired) electrons. The van der Waals surface area contributed by atoms with E-state index >= 15 is 0 Å². The van der Waals surface area contributed by atoms with Gasteiger partial charge in [-0.05, 0) is 76.0 Å². The Hall–Kier alpha value is -4.83. The lowest BCUT2D eigenvalue weighted by molar-refractivity contribution is 0.102. The molecule has 0 spiro atoms. The third kappa shape index (κ3) is 6.85. The number of hydrogen-bond acceptors (Lipinski definition) is 6. The molecule has 0 fully saturated rings. The molecular weight excluding hydrogens is 516 g/mol. The number of rotatable bonds is 8. The first-order valence-electron chi connectivity index (χ1n) is 13.3. The van der Waals surface area contributed by atoms with Gasteiger partial charge >= 0.3 is 6.03 Å². The molecule has 1 heterocycles. The number of aliphatic imine (C=N–C) groups is 1. The number of amides is 3. The van der Waals surface area contributed by atoms with Crippen LogP contribution in [0, 0.1) is 0 Å². The highest BCUT2D eigenvalue weighted by molar-refractivity contribution is 6.05. The summed E-state index contributed by atoms with van der Waals surface area (Å²) in [6.45, 7) is 4.61. The summed E-state index contributed by atoms with van der Waals surface area (Å²) in [4.78, 5) is 34.5. The number of urea groups is 1. The summed E-state index contributed by atoms with van der Waals surface area (Å²) in [5.74, 6) is -0.0610. The van der Waals surface area contributed by atoms with Crippen molar-refractivity contribution in [3.63, 3.8) is 0 Å². The first-order valence-corrected chi connectivity index (χ1v) is 13.3. The molecule has 214 valence electrons. The van der Waals surface area contributed by atoms with Gasteiger partial charge in [0, 0.05) is 34.8 Å². The second kappa shape index (κ2) is 12.1. The molecule has 3 aromatic rings. The molecule has 0 bridgehead atoms. The summed E-state index contributed by atoms with van der Waals surface area (Å²) in [5.41, 5.74) is 22.2. The summed E-state index contributed by atoms with van der Waals surface area (Å²) >= 11 is 0. The Balaban J connectivity index is 1.50. The molecule has 1 aliphatic heterocycles. The number of nitrogens with zero attached hydrogens (tertiary/aromatic N) is 3. The fourth-order valence-corrected chi connectivity index (χ4v) is 4.71. The Kier molecular flexibility index (Phi) is 8.63. The van der Waals surface area contributed by atoms with Crippen LogP contribution in [0.4, 0.5) is 21.9 Å². The van der Waals surface area contributed by atoms with Crippen LogP contribution in [-0.2, 0) is 0 Å². The minimum Gasteiger partial charge on any atom is -0.400 e. The lowest BCUT2D eigenvalue weighted by atomic mass is 10.00. The molecule has 3 amide bonds. The number of benzene rings is 3. The Bertz CT molecular complexity index is 1460. The molecule has 10 heteroatoms. The molecule has 3 aromatic carbocycles. The fourth-order valence-electron chi connectivity index (χ4n) is 4.71. The van der Waals surface area contributed by atoms with E-state index in [0.717, 1.165) is 5.56 Å². The maximum atomic E-state index is 13.6. The van der Waals surface area contributed by atoms with Crippen LogP contribution in [0.3, 0.4) is 0 Å². The van der Waals surface area contributed by atoms with E-state index in [1.54, 1.807) is 53.4 Å². The standard InChI is InChI=1S/C31H38N8O2/c1-31(2)27(33)25(18-39(31)30(41)37-26(19-38(3)4)20-9-6-5-7-10-20)28(34)35-23-11-8-12-24(17-23)36-29(40)21-13-15-22(32)16-14-21/h5-17,26H,18-19,32-33H2,1-4H3,(H2,34,35)(H,36,40)(H,37,41)/t26-/m1/s1. The van der Waals surface area contributed by atoms with Crippen LogP contribution in [0.15, 0.2) is 95.1 Å². The van der Waals surface area contributed by atoms with Gasteiger partial charge in [-0.25, -0.2) is 9.79 Å². The van der Waals surface area contributed by atoms with E-state index in [9.17, 15) is 9.59 Å². The molecule has 4 rings (SSSR count). The number of amidine groups is 1. The van der Waals surface area contributed by atoms with Gasteiger partial charge in [0.15, 0.2) is 0 Å². The summed E-state index contributed by atoms with van der Waals surface area (Å²) in [6, 6.07) is 23.1. The normalized spacial score (nSPS) is 15.6. The van der Waals surface area contributed by atoms with Gasteiger partial charge in [-0.15, -0.1) is 0 Å². The van der Waals surface area contributed by atoms with Crippen LogP contribution < -0.4 is 27.8 Å². The van der Waals surface area contributed by atoms with E-state index in [4.69, 9.17) is 17.2 Å². The lowest BCUT2D eigenvalue weighted by Gasteiger charge is -2.35. The van der Waals surface area contributed by atoms with Crippen LogP contribution in [0.2, 0.25) is 0 Å². The van der Waals surface area contributed by atoms with E-state index in [-0.39, 0.29) is 30.4 Å².